The summed E-state index contributed by atoms with van der Waals surface area (Å²) in [5, 5.41) is 6.10. The molecule has 0 saturated heterocycles. The van der Waals surface area contributed by atoms with Crippen LogP contribution >= 0.6 is 27.5 Å². The first-order valence-electron chi connectivity index (χ1n) is 10.3. The maximum absolute atomic E-state index is 12.1. The van der Waals surface area contributed by atoms with Crippen molar-refractivity contribution in [2.24, 2.45) is 0 Å². The predicted octanol–water partition coefficient (Wildman–Crippen LogP) is 6.45. The number of nitrogens with one attached hydrogen (secondary N) is 2. The molecule has 166 valence electrons. The van der Waals surface area contributed by atoms with E-state index in [-0.39, 0.29) is 12.2 Å². The third kappa shape index (κ3) is 7.43. The van der Waals surface area contributed by atoms with Crippen LogP contribution in [0, 0.1) is 0 Å². The van der Waals surface area contributed by atoms with Crippen molar-refractivity contribution in [2.75, 3.05) is 11.9 Å². The van der Waals surface area contributed by atoms with Gasteiger partial charge in [-0.15, -0.1) is 0 Å². The molecule has 6 nitrogen and oxygen atoms in total. The van der Waals surface area contributed by atoms with Crippen molar-refractivity contribution in [1.29, 1.82) is 0 Å². The first kappa shape index (κ1) is 23.4. The summed E-state index contributed by atoms with van der Waals surface area (Å²) in [4.78, 5) is 24.1. The van der Waals surface area contributed by atoms with Gasteiger partial charge in [-0.1, -0.05) is 59.1 Å². The van der Waals surface area contributed by atoms with Gasteiger partial charge in [0.25, 0.3) is 0 Å². The Labute approximate surface area is 195 Å². The van der Waals surface area contributed by atoms with Crippen LogP contribution in [0.15, 0.2) is 46.9 Å². The summed E-state index contributed by atoms with van der Waals surface area (Å²) in [7, 11) is 0. The molecule has 2 amide bonds. The molecule has 1 aliphatic rings. The van der Waals surface area contributed by atoms with E-state index in [1.54, 1.807) is 24.3 Å². The fourth-order valence-electron chi connectivity index (χ4n) is 3.30. The number of amides is 2. The van der Waals surface area contributed by atoms with Gasteiger partial charge in [0, 0.05) is 28.1 Å². The number of anilines is 1. The van der Waals surface area contributed by atoms with Gasteiger partial charge >= 0.3 is 12.2 Å². The molecule has 0 aromatic heterocycles. The van der Waals surface area contributed by atoms with Crippen molar-refractivity contribution in [3.05, 3.63) is 63.1 Å². The van der Waals surface area contributed by atoms with Crippen molar-refractivity contribution in [2.45, 2.75) is 51.2 Å². The van der Waals surface area contributed by atoms with Crippen LogP contribution in [0.5, 0.6) is 0 Å². The van der Waals surface area contributed by atoms with Crippen LogP contribution in [0.2, 0.25) is 5.02 Å². The topological polar surface area (TPSA) is 76.7 Å². The van der Waals surface area contributed by atoms with E-state index in [0.29, 0.717) is 23.7 Å². The summed E-state index contributed by atoms with van der Waals surface area (Å²) in [6.45, 7) is 2.61. The number of carbonyl (C=O) groups is 2. The molecule has 1 saturated carbocycles. The average molecular weight is 510 g/mol. The fraction of sp³-hybridized carbons (Fsp3) is 0.391. The van der Waals surface area contributed by atoms with Crippen LogP contribution in [-0.4, -0.2) is 24.4 Å². The van der Waals surface area contributed by atoms with Gasteiger partial charge < -0.3 is 14.8 Å². The Bertz CT molecular complexity index is 934. The summed E-state index contributed by atoms with van der Waals surface area (Å²) in [5.41, 5.74) is 2.08. The Morgan fingerprint density at radius 1 is 1.16 bits per heavy atom. The smallest absolute Gasteiger partial charge is 0.411 e. The molecular formula is C23H26BrClN2O4. The Hall–Kier alpha value is -2.25. The van der Waals surface area contributed by atoms with E-state index in [4.69, 9.17) is 21.1 Å². The summed E-state index contributed by atoms with van der Waals surface area (Å²) in [6.07, 6.45) is 3.32. The molecule has 3 rings (SSSR count). The van der Waals surface area contributed by atoms with E-state index in [1.807, 2.05) is 18.2 Å². The lowest BCUT2D eigenvalue weighted by Gasteiger charge is -2.16. The number of alkyl carbamates (subject to hydrolysis) is 1. The first-order valence-corrected chi connectivity index (χ1v) is 11.5. The summed E-state index contributed by atoms with van der Waals surface area (Å²) < 4.78 is 11.7. The maximum Gasteiger partial charge on any atom is 0.411 e. The van der Waals surface area contributed by atoms with Crippen molar-refractivity contribution in [3.8, 4) is 0 Å². The molecule has 0 spiro atoms. The van der Waals surface area contributed by atoms with Crippen molar-refractivity contribution >= 4 is 45.4 Å². The van der Waals surface area contributed by atoms with Gasteiger partial charge in [0.15, 0.2) is 0 Å². The lowest BCUT2D eigenvalue weighted by Crippen LogP contribution is -2.29. The Balaban J connectivity index is 1.42. The van der Waals surface area contributed by atoms with Crippen molar-refractivity contribution in [1.82, 2.24) is 5.32 Å². The van der Waals surface area contributed by atoms with Crippen LogP contribution in [0.25, 0.3) is 0 Å². The molecule has 0 bridgehead atoms. The van der Waals surface area contributed by atoms with Gasteiger partial charge in [-0.25, -0.2) is 9.59 Å². The maximum atomic E-state index is 12.1. The van der Waals surface area contributed by atoms with E-state index in [2.05, 4.69) is 33.5 Å². The number of ether oxygens (including phenoxy) is 2. The zero-order valence-corrected chi connectivity index (χ0v) is 19.7. The molecule has 0 heterocycles. The normalized spacial score (nSPS) is 13.9. The minimum atomic E-state index is -0.548. The predicted molar refractivity (Wildman–Crippen MR) is 124 cm³/mol. The highest BCUT2D eigenvalue weighted by atomic mass is 79.9. The highest BCUT2D eigenvalue weighted by Gasteiger charge is 2.45. The van der Waals surface area contributed by atoms with Gasteiger partial charge in [-0.3, -0.25) is 5.32 Å². The Kier molecular flexibility index (Phi) is 8.21. The molecule has 2 aromatic carbocycles. The standard InChI is InChI=1S/C23H26BrClN2O4/c1-2-9-23(10-11-23)31-21(28)26-15-16-4-3-5-19(13-16)27-22(29)30-12-8-17-6-7-18(24)14-20(17)25/h3-7,13-14H,2,8-12,15H2,1H3,(H,26,28)(H,27,29). The van der Waals surface area contributed by atoms with E-state index in [9.17, 15) is 9.59 Å². The quantitative estimate of drug-likeness (QED) is 0.407. The molecule has 0 atom stereocenters. The zero-order valence-electron chi connectivity index (χ0n) is 17.4. The van der Waals surface area contributed by atoms with Gasteiger partial charge in [-0.2, -0.15) is 0 Å². The largest absolute Gasteiger partial charge is 0.449 e. The number of benzene rings is 2. The van der Waals surface area contributed by atoms with Crippen LogP contribution in [-0.2, 0) is 22.4 Å². The molecule has 0 radical (unpaired) electrons. The monoisotopic (exact) mass is 508 g/mol. The minimum Gasteiger partial charge on any atom is -0.449 e. The van der Waals surface area contributed by atoms with Crippen molar-refractivity contribution < 1.29 is 19.1 Å². The van der Waals surface area contributed by atoms with Crippen LogP contribution < -0.4 is 10.6 Å². The molecule has 31 heavy (non-hydrogen) atoms. The molecule has 2 aromatic rings. The lowest BCUT2D eigenvalue weighted by atomic mass is 10.2. The SMILES string of the molecule is CCCC1(OC(=O)NCc2cccc(NC(=O)OCCc3ccc(Br)cc3Cl)c2)CC1. The van der Waals surface area contributed by atoms with E-state index in [1.165, 1.54) is 0 Å². The summed E-state index contributed by atoms with van der Waals surface area (Å²) in [5.74, 6) is 0. The third-order valence-electron chi connectivity index (χ3n) is 5.05. The Morgan fingerprint density at radius 3 is 2.68 bits per heavy atom. The molecule has 1 aliphatic carbocycles. The van der Waals surface area contributed by atoms with Crippen LogP contribution in [0.3, 0.4) is 0 Å². The summed E-state index contributed by atoms with van der Waals surface area (Å²) >= 11 is 9.53. The van der Waals surface area contributed by atoms with Crippen LogP contribution in [0.4, 0.5) is 15.3 Å². The highest BCUT2D eigenvalue weighted by molar-refractivity contribution is 9.10. The molecular weight excluding hydrogens is 484 g/mol. The average Bonchev–Trinajstić information content (AvgIpc) is 3.47. The minimum absolute atomic E-state index is 0.208. The summed E-state index contributed by atoms with van der Waals surface area (Å²) in [6, 6.07) is 12.8. The number of rotatable bonds is 9. The number of halogens is 2. The number of hydrogen-bond acceptors (Lipinski definition) is 4. The van der Waals surface area contributed by atoms with E-state index < -0.39 is 12.2 Å². The second kappa shape index (κ2) is 10.9. The number of carbonyl (C=O) groups excluding carboxylic acids is 2. The van der Waals surface area contributed by atoms with Gasteiger partial charge in [0.1, 0.15) is 5.60 Å². The third-order valence-corrected chi connectivity index (χ3v) is 5.90. The Morgan fingerprint density at radius 2 is 1.97 bits per heavy atom. The van der Waals surface area contributed by atoms with Gasteiger partial charge in [0.05, 0.1) is 6.61 Å². The van der Waals surface area contributed by atoms with Gasteiger partial charge in [0.2, 0.25) is 0 Å². The van der Waals surface area contributed by atoms with Crippen molar-refractivity contribution in [3.63, 3.8) is 0 Å². The van der Waals surface area contributed by atoms with Gasteiger partial charge in [-0.05, 0) is 54.7 Å². The van der Waals surface area contributed by atoms with E-state index >= 15 is 0 Å². The molecule has 1 fully saturated rings. The number of hydrogen-bond donors (Lipinski definition) is 2. The zero-order chi connectivity index (χ0) is 22.3. The molecule has 0 aliphatic heterocycles. The second-order valence-electron chi connectivity index (χ2n) is 7.62. The molecule has 8 heteroatoms. The molecule has 2 N–H and O–H groups in total. The first-order chi connectivity index (χ1) is 14.9. The van der Waals surface area contributed by atoms with E-state index in [0.717, 1.165) is 41.3 Å². The highest BCUT2D eigenvalue weighted by Crippen LogP contribution is 2.43. The van der Waals surface area contributed by atoms with Crippen LogP contribution in [0.1, 0.15) is 43.7 Å². The second-order valence-corrected chi connectivity index (χ2v) is 8.95. The molecule has 0 unspecified atom stereocenters. The fourth-order valence-corrected chi connectivity index (χ4v) is 4.06. The lowest BCUT2D eigenvalue weighted by molar-refractivity contribution is 0.0763.